The fourth-order valence-electron chi connectivity index (χ4n) is 10.4. The van der Waals surface area contributed by atoms with Crippen molar-refractivity contribution < 1.29 is 29.3 Å². The number of hydrogen-bond donors (Lipinski definition) is 3. The zero-order chi connectivity index (χ0) is 30.2. The predicted molar refractivity (Wildman–Crippen MR) is 160 cm³/mol. The Kier molecular flexibility index (Phi) is 9.25. The van der Waals surface area contributed by atoms with Crippen LogP contribution in [0, 0.1) is 52.3 Å². The van der Waals surface area contributed by atoms with Gasteiger partial charge in [-0.3, -0.25) is 9.59 Å². The van der Waals surface area contributed by atoms with Crippen molar-refractivity contribution in [2.75, 3.05) is 20.3 Å². The molecule has 8 heteroatoms. The summed E-state index contributed by atoms with van der Waals surface area (Å²) in [6.45, 7) is 9.99. The summed E-state index contributed by atoms with van der Waals surface area (Å²) in [5, 5.41) is 25.0. The number of carbonyl (C=O) groups is 2. The maximum Gasteiger partial charge on any atom is 0.325 e. The highest BCUT2D eigenvalue weighted by Gasteiger charge is 2.64. The van der Waals surface area contributed by atoms with Crippen molar-refractivity contribution in [2.45, 2.75) is 97.7 Å². The summed E-state index contributed by atoms with van der Waals surface area (Å²) in [6, 6.07) is 3.34. The summed E-state index contributed by atoms with van der Waals surface area (Å²) in [6.07, 6.45) is 10.6. The van der Waals surface area contributed by atoms with Crippen LogP contribution in [0.25, 0.3) is 0 Å². The molecule has 4 saturated carbocycles. The van der Waals surface area contributed by atoms with Crippen LogP contribution in [-0.2, 0) is 9.53 Å². The van der Waals surface area contributed by atoms with Gasteiger partial charge in [-0.05, 0) is 110 Å². The van der Waals surface area contributed by atoms with Gasteiger partial charge in [-0.1, -0.05) is 34.1 Å². The molecule has 0 bridgehead atoms. The van der Waals surface area contributed by atoms with Gasteiger partial charge in [-0.2, -0.15) is 0 Å². The largest absolute Gasteiger partial charge is 0.478 e. The van der Waals surface area contributed by atoms with Crippen molar-refractivity contribution >= 4 is 11.9 Å². The molecule has 0 unspecified atom stereocenters. The Morgan fingerprint density at radius 1 is 1.07 bits per heavy atom. The predicted octanol–water partition coefficient (Wildman–Crippen LogP) is 5.02. The summed E-state index contributed by atoms with van der Waals surface area (Å²) in [5.74, 6) is 2.89. The minimum Gasteiger partial charge on any atom is -0.478 e. The number of carbonyl (C=O) groups excluding carboxylic acids is 2. The third kappa shape index (κ3) is 5.58. The van der Waals surface area contributed by atoms with E-state index >= 15 is 0 Å². The van der Waals surface area contributed by atoms with Crippen molar-refractivity contribution in [3.63, 3.8) is 0 Å². The second-order valence-corrected chi connectivity index (χ2v) is 14.4. The van der Waals surface area contributed by atoms with E-state index in [4.69, 9.17) is 4.74 Å². The molecule has 0 spiro atoms. The molecule has 4 aliphatic rings. The number of esters is 1. The van der Waals surface area contributed by atoms with E-state index in [9.17, 15) is 19.8 Å². The van der Waals surface area contributed by atoms with Gasteiger partial charge in [0.15, 0.2) is 0 Å². The van der Waals surface area contributed by atoms with Crippen LogP contribution in [0.4, 0.5) is 0 Å². The SMILES string of the molecule is CC[C@H]1[C@@H](O)[C@@H]2[C@H](CC[C@]3(C)[C@@H]([C@H](C)CCOc4ccc(C(=O)NCC(=O)OC)cn4)CC[C@@H]23)[C@@]2(C)CC[C@@H](O)C[C@@H]12. The summed E-state index contributed by atoms with van der Waals surface area (Å²) in [4.78, 5) is 27.7. The van der Waals surface area contributed by atoms with Gasteiger partial charge in [0.2, 0.25) is 5.88 Å². The van der Waals surface area contributed by atoms with Crippen LogP contribution >= 0.6 is 0 Å². The number of amides is 1. The molecule has 4 aliphatic carbocycles. The van der Waals surface area contributed by atoms with Gasteiger partial charge in [0.1, 0.15) is 6.54 Å². The first-order chi connectivity index (χ1) is 20.0. The van der Waals surface area contributed by atoms with Gasteiger partial charge in [0.25, 0.3) is 5.91 Å². The lowest BCUT2D eigenvalue weighted by molar-refractivity contribution is -0.203. The highest BCUT2D eigenvalue weighted by Crippen LogP contribution is 2.69. The Bertz CT molecular complexity index is 1110. The maximum absolute atomic E-state index is 12.2. The molecule has 42 heavy (non-hydrogen) atoms. The van der Waals surface area contributed by atoms with E-state index < -0.39 is 5.97 Å². The highest BCUT2D eigenvalue weighted by molar-refractivity contribution is 5.95. The minimum absolute atomic E-state index is 0.185. The van der Waals surface area contributed by atoms with Crippen molar-refractivity contribution in [3.05, 3.63) is 23.9 Å². The monoisotopic (exact) mass is 584 g/mol. The summed E-state index contributed by atoms with van der Waals surface area (Å²) in [5.41, 5.74) is 0.821. The molecule has 1 amide bonds. The Morgan fingerprint density at radius 2 is 1.81 bits per heavy atom. The number of nitrogens with zero attached hydrogens (tertiary/aromatic N) is 1. The molecule has 0 aliphatic heterocycles. The van der Waals surface area contributed by atoms with Gasteiger partial charge >= 0.3 is 5.97 Å². The standard InChI is InChI=1S/C34H52N2O6/c1-6-23-27-17-22(37)11-14-34(27,4)26-12-15-33(3)24(8-9-25(33)30(26)31(23)39)20(2)13-16-42-28-10-7-21(18-35-28)32(40)36-19-29(38)41-5/h7,10,18,20,22-27,30-31,37,39H,6,8-9,11-17,19H2,1-5H3,(H,36,40)/t20-,22-,23-,24-,25+,26+,27+,30+,31-,33-,34-/m1/s1. The smallest absolute Gasteiger partial charge is 0.325 e. The van der Waals surface area contributed by atoms with E-state index in [1.165, 1.54) is 39.0 Å². The van der Waals surface area contributed by atoms with Crippen molar-refractivity contribution in [3.8, 4) is 5.88 Å². The minimum atomic E-state index is -0.506. The first-order valence-corrected chi connectivity index (χ1v) is 16.3. The number of rotatable bonds is 9. The first-order valence-electron chi connectivity index (χ1n) is 16.3. The van der Waals surface area contributed by atoms with Crippen LogP contribution in [0.15, 0.2) is 18.3 Å². The number of aliphatic hydroxyl groups is 2. The molecular weight excluding hydrogens is 532 g/mol. The summed E-state index contributed by atoms with van der Waals surface area (Å²) < 4.78 is 10.5. The topological polar surface area (TPSA) is 118 Å². The third-order valence-corrected chi connectivity index (χ3v) is 12.6. The van der Waals surface area contributed by atoms with E-state index in [1.807, 2.05) is 0 Å². The zero-order valence-corrected chi connectivity index (χ0v) is 26.2. The van der Waals surface area contributed by atoms with Crippen LogP contribution in [0.5, 0.6) is 5.88 Å². The molecular formula is C34H52N2O6. The number of nitrogens with one attached hydrogen (secondary N) is 1. The molecule has 5 rings (SSSR count). The fourth-order valence-corrected chi connectivity index (χ4v) is 10.4. The third-order valence-electron chi connectivity index (χ3n) is 12.6. The molecule has 11 atom stereocenters. The Labute approximate surface area is 251 Å². The normalized spacial score (nSPS) is 39.8. The molecule has 234 valence electrons. The van der Waals surface area contributed by atoms with Crippen molar-refractivity contribution in [1.29, 1.82) is 0 Å². The number of ether oxygens (including phenoxy) is 2. The van der Waals surface area contributed by atoms with Crippen LogP contribution in [-0.4, -0.2) is 59.5 Å². The van der Waals surface area contributed by atoms with Gasteiger partial charge in [-0.25, -0.2) is 4.98 Å². The number of aromatic nitrogens is 1. The molecule has 0 aromatic carbocycles. The fraction of sp³-hybridized carbons (Fsp3) is 0.794. The number of pyridine rings is 1. The quantitative estimate of drug-likeness (QED) is 0.349. The Balaban J connectivity index is 1.19. The Hall–Kier alpha value is -2.19. The number of fused-ring (bicyclic) bond motifs is 5. The van der Waals surface area contributed by atoms with Crippen LogP contribution in [0.2, 0.25) is 0 Å². The summed E-state index contributed by atoms with van der Waals surface area (Å²) in [7, 11) is 1.28. The second-order valence-electron chi connectivity index (χ2n) is 14.4. The van der Waals surface area contributed by atoms with Crippen molar-refractivity contribution in [2.24, 2.45) is 52.3 Å². The summed E-state index contributed by atoms with van der Waals surface area (Å²) >= 11 is 0. The average molecular weight is 585 g/mol. The van der Waals surface area contributed by atoms with E-state index in [0.717, 1.165) is 32.1 Å². The lowest BCUT2D eigenvalue weighted by Crippen LogP contribution is -2.62. The lowest BCUT2D eigenvalue weighted by atomic mass is 9.41. The maximum atomic E-state index is 12.2. The van der Waals surface area contributed by atoms with Crippen molar-refractivity contribution in [1.82, 2.24) is 10.3 Å². The molecule has 1 aromatic heterocycles. The van der Waals surface area contributed by atoms with Gasteiger partial charge < -0.3 is 25.0 Å². The van der Waals surface area contributed by atoms with Gasteiger partial charge in [-0.15, -0.1) is 0 Å². The molecule has 3 N–H and O–H groups in total. The first kappa shape index (κ1) is 31.2. The number of methoxy groups -OCH3 is 1. The molecule has 1 aromatic rings. The highest BCUT2D eigenvalue weighted by atomic mass is 16.5. The second kappa shape index (κ2) is 12.4. The molecule has 8 nitrogen and oxygen atoms in total. The molecule has 0 saturated heterocycles. The number of hydrogen-bond acceptors (Lipinski definition) is 7. The Morgan fingerprint density at radius 3 is 2.50 bits per heavy atom. The zero-order valence-electron chi connectivity index (χ0n) is 26.2. The van der Waals surface area contributed by atoms with E-state index in [0.29, 0.717) is 53.6 Å². The molecule has 1 heterocycles. The lowest BCUT2D eigenvalue weighted by Gasteiger charge is -2.64. The van der Waals surface area contributed by atoms with Crippen LogP contribution in [0.3, 0.4) is 0 Å². The van der Waals surface area contributed by atoms with E-state index in [1.54, 1.807) is 12.1 Å². The van der Waals surface area contributed by atoms with Crippen LogP contribution in [0.1, 0.15) is 95.8 Å². The molecule has 4 fully saturated rings. The average Bonchev–Trinajstić information content (AvgIpc) is 3.34. The number of aliphatic hydroxyl groups excluding tert-OH is 2. The van der Waals surface area contributed by atoms with E-state index in [-0.39, 0.29) is 41.4 Å². The van der Waals surface area contributed by atoms with Gasteiger partial charge in [0.05, 0.1) is 31.5 Å². The van der Waals surface area contributed by atoms with Crippen LogP contribution < -0.4 is 10.1 Å². The van der Waals surface area contributed by atoms with Gasteiger partial charge in [0, 0.05) is 12.3 Å². The molecule has 0 radical (unpaired) electrons. The van der Waals surface area contributed by atoms with E-state index in [2.05, 4.69) is 42.7 Å².